The lowest BCUT2D eigenvalue weighted by Gasteiger charge is -2.46. The first-order chi connectivity index (χ1) is 11.2. The van der Waals surface area contributed by atoms with E-state index in [9.17, 15) is 9.18 Å². The van der Waals surface area contributed by atoms with Crippen LogP contribution < -0.4 is 4.74 Å². The number of thioether (sulfide) groups is 1. The van der Waals surface area contributed by atoms with Crippen LogP contribution in [0.5, 0.6) is 5.88 Å². The van der Waals surface area contributed by atoms with Gasteiger partial charge >= 0.3 is 0 Å². The summed E-state index contributed by atoms with van der Waals surface area (Å²) in [5.41, 5.74) is 0. The van der Waals surface area contributed by atoms with Crippen molar-refractivity contribution in [3.8, 4) is 5.88 Å². The molecule has 1 spiro atoms. The second kappa shape index (κ2) is 5.56. The Morgan fingerprint density at radius 1 is 1.43 bits per heavy atom. The zero-order valence-corrected chi connectivity index (χ0v) is 13.1. The number of amides is 1. The van der Waals surface area contributed by atoms with Crippen LogP contribution in [0.4, 0.5) is 4.39 Å². The van der Waals surface area contributed by atoms with Gasteiger partial charge in [0, 0.05) is 31.5 Å². The van der Waals surface area contributed by atoms with Crippen LogP contribution >= 0.6 is 11.8 Å². The smallest absolute Gasteiger partial charge is 0.289 e. The highest BCUT2D eigenvalue weighted by Gasteiger charge is 2.51. The molecular weight excluding hydrogens is 319 g/mol. The van der Waals surface area contributed by atoms with Gasteiger partial charge in [-0.05, 0) is 24.3 Å². The van der Waals surface area contributed by atoms with E-state index in [2.05, 4.69) is 4.98 Å². The van der Waals surface area contributed by atoms with E-state index in [1.807, 2.05) is 0 Å². The van der Waals surface area contributed by atoms with Crippen molar-refractivity contribution in [1.82, 2.24) is 9.88 Å². The standard InChI is InChI=1S/C16H15FN2O3S/c17-12-3-1-5-18-14(12)22-11-7-16(23-8-11)9-19(10-16)15(20)13-4-2-6-21-13/h1-6,11H,7-10H2. The molecule has 1 amide bonds. The van der Waals surface area contributed by atoms with Crippen LogP contribution in [0.15, 0.2) is 41.1 Å². The molecule has 2 saturated heterocycles. The highest BCUT2D eigenvalue weighted by atomic mass is 32.2. The van der Waals surface area contributed by atoms with E-state index in [4.69, 9.17) is 9.15 Å². The SMILES string of the molecule is O=C(c1ccco1)N1CC2(CC(Oc3ncccc3F)CS2)C1. The highest BCUT2D eigenvalue weighted by molar-refractivity contribution is 8.01. The molecule has 120 valence electrons. The quantitative estimate of drug-likeness (QED) is 0.863. The minimum Gasteiger partial charge on any atom is -0.471 e. The molecule has 2 aromatic rings. The number of carbonyl (C=O) groups is 1. The molecule has 5 nitrogen and oxygen atoms in total. The van der Waals surface area contributed by atoms with Gasteiger partial charge in [-0.15, -0.1) is 11.8 Å². The molecule has 0 N–H and O–H groups in total. The number of halogens is 1. The second-order valence-corrected chi connectivity index (χ2v) is 7.35. The summed E-state index contributed by atoms with van der Waals surface area (Å²) in [6.07, 6.45) is 3.72. The van der Waals surface area contributed by atoms with Gasteiger partial charge in [0.1, 0.15) is 6.10 Å². The van der Waals surface area contributed by atoms with Crippen LogP contribution in [0, 0.1) is 5.82 Å². The van der Waals surface area contributed by atoms with Crippen LogP contribution in [0.3, 0.4) is 0 Å². The number of carbonyl (C=O) groups excluding carboxylic acids is 1. The van der Waals surface area contributed by atoms with Crippen molar-refractivity contribution in [1.29, 1.82) is 0 Å². The molecule has 2 aliphatic rings. The predicted molar refractivity (Wildman–Crippen MR) is 83.0 cm³/mol. The van der Waals surface area contributed by atoms with E-state index >= 15 is 0 Å². The van der Waals surface area contributed by atoms with Crippen molar-refractivity contribution in [2.45, 2.75) is 17.3 Å². The Bertz CT molecular complexity index is 716. The maximum Gasteiger partial charge on any atom is 0.289 e. The maximum atomic E-state index is 13.6. The third-order valence-electron chi connectivity index (χ3n) is 4.16. The van der Waals surface area contributed by atoms with Gasteiger partial charge in [0.2, 0.25) is 0 Å². The Labute approximate surface area is 136 Å². The lowest BCUT2D eigenvalue weighted by molar-refractivity contribution is 0.0483. The Morgan fingerprint density at radius 2 is 2.30 bits per heavy atom. The number of nitrogens with zero attached hydrogens (tertiary/aromatic N) is 2. The van der Waals surface area contributed by atoms with Gasteiger partial charge in [0.05, 0.1) is 11.0 Å². The van der Waals surface area contributed by atoms with Crippen molar-refractivity contribution in [3.63, 3.8) is 0 Å². The minimum atomic E-state index is -0.443. The van der Waals surface area contributed by atoms with Crippen molar-refractivity contribution < 1.29 is 18.3 Å². The van der Waals surface area contributed by atoms with Crippen molar-refractivity contribution in [2.75, 3.05) is 18.8 Å². The number of rotatable bonds is 3. The van der Waals surface area contributed by atoms with Crippen LogP contribution in [-0.4, -0.2) is 45.5 Å². The summed E-state index contributed by atoms with van der Waals surface area (Å²) in [6, 6.07) is 6.26. The van der Waals surface area contributed by atoms with Crippen molar-refractivity contribution in [3.05, 3.63) is 48.3 Å². The predicted octanol–water partition coefficient (Wildman–Crippen LogP) is 2.59. The first kappa shape index (κ1) is 14.6. The summed E-state index contributed by atoms with van der Waals surface area (Å²) in [7, 11) is 0. The third-order valence-corrected chi connectivity index (χ3v) is 5.73. The van der Waals surface area contributed by atoms with Gasteiger partial charge in [-0.25, -0.2) is 9.37 Å². The molecule has 7 heteroatoms. The summed E-state index contributed by atoms with van der Waals surface area (Å²) < 4.78 is 24.4. The molecule has 0 radical (unpaired) electrons. The van der Waals surface area contributed by atoms with Gasteiger partial charge < -0.3 is 14.1 Å². The molecule has 0 saturated carbocycles. The van der Waals surface area contributed by atoms with E-state index in [1.165, 1.54) is 24.6 Å². The Kier molecular flexibility index (Phi) is 3.52. The fourth-order valence-corrected chi connectivity index (χ4v) is 4.59. The second-order valence-electron chi connectivity index (χ2n) is 5.87. The molecule has 0 aromatic carbocycles. The third kappa shape index (κ3) is 2.69. The minimum absolute atomic E-state index is 0.0121. The summed E-state index contributed by atoms with van der Waals surface area (Å²) >= 11 is 1.78. The molecule has 1 atom stereocenters. The molecule has 23 heavy (non-hydrogen) atoms. The number of ether oxygens (including phenoxy) is 1. The number of hydrogen-bond acceptors (Lipinski definition) is 5. The average molecular weight is 334 g/mol. The Balaban J connectivity index is 1.35. The maximum absolute atomic E-state index is 13.6. The van der Waals surface area contributed by atoms with Gasteiger partial charge in [0.25, 0.3) is 11.8 Å². The average Bonchev–Trinajstić information content (AvgIpc) is 3.17. The molecule has 2 aromatic heterocycles. The molecule has 0 aliphatic carbocycles. The Hall–Kier alpha value is -2.02. The van der Waals surface area contributed by atoms with E-state index in [0.717, 1.165) is 12.2 Å². The monoisotopic (exact) mass is 334 g/mol. The first-order valence-electron chi connectivity index (χ1n) is 7.39. The molecule has 1 unspecified atom stereocenters. The number of furan rings is 1. The molecule has 4 rings (SSSR count). The lowest BCUT2D eigenvalue weighted by atomic mass is 9.92. The summed E-state index contributed by atoms with van der Waals surface area (Å²) in [5.74, 6) is 0.672. The fourth-order valence-electron chi connectivity index (χ4n) is 3.06. The largest absolute Gasteiger partial charge is 0.471 e. The Morgan fingerprint density at radius 3 is 3.04 bits per heavy atom. The summed E-state index contributed by atoms with van der Waals surface area (Å²) in [4.78, 5) is 17.9. The van der Waals surface area contributed by atoms with Crippen molar-refractivity contribution in [2.24, 2.45) is 0 Å². The van der Waals surface area contributed by atoms with Crippen molar-refractivity contribution >= 4 is 17.7 Å². The normalized spacial score (nSPS) is 22.1. The van der Waals surface area contributed by atoms with Crippen LogP contribution in [0.25, 0.3) is 0 Å². The van der Waals surface area contributed by atoms with Gasteiger partial charge in [-0.2, -0.15) is 0 Å². The lowest BCUT2D eigenvalue weighted by Crippen LogP contribution is -2.60. The molecular formula is C16H15FN2O3S. The molecule has 4 heterocycles. The molecule has 2 fully saturated rings. The number of pyridine rings is 1. The molecule has 2 aliphatic heterocycles. The zero-order valence-electron chi connectivity index (χ0n) is 12.3. The highest BCUT2D eigenvalue weighted by Crippen LogP contribution is 2.46. The van der Waals surface area contributed by atoms with E-state index in [0.29, 0.717) is 18.8 Å². The van der Waals surface area contributed by atoms with Gasteiger partial charge in [-0.1, -0.05) is 0 Å². The van der Waals surface area contributed by atoms with E-state index < -0.39 is 5.82 Å². The van der Waals surface area contributed by atoms with Crippen LogP contribution in [-0.2, 0) is 0 Å². The van der Waals surface area contributed by atoms with Crippen LogP contribution in [0.1, 0.15) is 17.0 Å². The fraction of sp³-hybridized carbons (Fsp3) is 0.375. The van der Waals surface area contributed by atoms with Gasteiger partial charge in [0.15, 0.2) is 11.6 Å². The summed E-state index contributed by atoms with van der Waals surface area (Å²) in [5, 5.41) is 0. The number of aromatic nitrogens is 1. The number of likely N-dealkylation sites (tertiary alicyclic amines) is 1. The van der Waals surface area contributed by atoms with E-state index in [-0.39, 0.29) is 22.6 Å². The zero-order chi connectivity index (χ0) is 15.9. The van der Waals surface area contributed by atoms with Gasteiger partial charge in [-0.3, -0.25) is 4.79 Å². The topological polar surface area (TPSA) is 55.6 Å². The number of hydrogen-bond donors (Lipinski definition) is 0. The summed E-state index contributed by atoms with van der Waals surface area (Å²) in [6.45, 7) is 1.34. The first-order valence-corrected chi connectivity index (χ1v) is 8.38. The molecule has 0 bridgehead atoms. The van der Waals surface area contributed by atoms with E-state index in [1.54, 1.807) is 28.8 Å². The van der Waals surface area contributed by atoms with Crippen LogP contribution in [0.2, 0.25) is 0 Å².